The van der Waals surface area contributed by atoms with E-state index in [9.17, 15) is 9.90 Å². The largest absolute Gasteiger partial charge is 0.479 e. The fourth-order valence-electron chi connectivity index (χ4n) is 1.49. The first kappa shape index (κ1) is 16.1. The lowest BCUT2D eigenvalue weighted by atomic mass is 10.2. The average molecular weight is 306 g/mol. The molecule has 0 aliphatic rings. The van der Waals surface area contributed by atoms with Crippen LogP contribution < -0.4 is 10.1 Å². The number of nitrogens with one attached hydrogen (secondary N) is 1. The Labute approximate surface area is 122 Å². The van der Waals surface area contributed by atoms with E-state index in [0.717, 1.165) is 6.42 Å². The second kappa shape index (κ2) is 7.58. The van der Waals surface area contributed by atoms with Crippen LogP contribution in [0.25, 0.3) is 0 Å². The molecule has 4 nitrogen and oxygen atoms in total. The molecular formula is C13H17Cl2NO3. The summed E-state index contributed by atoms with van der Waals surface area (Å²) < 4.78 is 5.52. The van der Waals surface area contributed by atoms with Crippen LogP contribution in [0.4, 0.5) is 0 Å². The lowest BCUT2D eigenvalue weighted by molar-refractivity contribution is -0.127. The molecule has 19 heavy (non-hydrogen) atoms. The molecule has 1 unspecified atom stereocenters. The molecule has 1 aromatic rings. The van der Waals surface area contributed by atoms with E-state index in [-0.39, 0.29) is 23.3 Å². The number of aliphatic hydroxyl groups excluding tert-OH is 1. The Morgan fingerprint density at radius 3 is 2.74 bits per heavy atom. The van der Waals surface area contributed by atoms with Crippen molar-refractivity contribution >= 4 is 29.1 Å². The van der Waals surface area contributed by atoms with Crippen LogP contribution in [0.3, 0.4) is 0 Å². The summed E-state index contributed by atoms with van der Waals surface area (Å²) in [5.74, 6) is 0.0597. The fraction of sp³-hybridized carbons (Fsp3) is 0.462. The van der Waals surface area contributed by atoms with Crippen molar-refractivity contribution in [2.75, 3.05) is 6.54 Å². The number of halogens is 2. The molecule has 2 N–H and O–H groups in total. The molecule has 0 bridgehead atoms. The van der Waals surface area contributed by atoms with Crippen LogP contribution in [0, 0.1) is 0 Å². The molecule has 0 saturated carbocycles. The number of carbonyl (C=O) groups is 1. The summed E-state index contributed by atoms with van der Waals surface area (Å²) in [6.07, 6.45) is 0.151. The minimum Gasteiger partial charge on any atom is -0.479 e. The Morgan fingerprint density at radius 1 is 1.47 bits per heavy atom. The third kappa shape index (κ3) is 4.56. The van der Waals surface area contributed by atoms with Crippen LogP contribution in [0.15, 0.2) is 12.1 Å². The zero-order chi connectivity index (χ0) is 14.4. The number of rotatable bonds is 6. The van der Waals surface area contributed by atoms with Gasteiger partial charge in [0.05, 0.1) is 11.6 Å². The highest BCUT2D eigenvalue weighted by atomic mass is 35.5. The van der Waals surface area contributed by atoms with Crippen LogP contribution in [-0.2, 0) is 11.4 Å². The Morgan fingerprint density at radius 2 is 2.16 bits per heavy atom. The maximum absolute atomic E-state index is 11.7. The number of amides is 1. The molecule has 0 heterocycles. The van der Waals surface area contributed by atoms with Crippen LogP contribution in [0.5, 0.6) is 5.75 Å². The molecule has 0 aliphatic heterocycles. The van der Waals surface area contributed by atoms with Gasteiger partial charge in [-0.2, -0.15) is 0 Å². The van der Waals surface area contributed by atoms with Gasteiger partial charge in [-0.25, -0.2) is 0 Å². The maximum atomic E-state index is 11.7. The fourth-order valence-corrected chi connectivity index (χ4v) is 2.07. The van der Waals surface area contributed by atoms with Crippen molar-refractivity contribution in [3.8, 4) is 5.75 Å². The Bertz CT molecular complexity index is 452. The van der Waals surface area contributed by atoms with Gasteiger partial charge in [0, 0.05) is 17.1 Å². The lowest BCUT2D eigenvalue weighted by Gasteiger charge is -2.18. The van der Waals surface area contributed by atoms with Crippen molar-refractivity contribution in [2.45, 2.75) is 33.0 Å². The highest BCUT2D eigenvalue weighted by molar-refractivity contribution is 6.35. The SMILES string of the molecule is CCCNC(=O)C(C)Oc1c(Cl)cc(Cl)cc1CO. The second-order valence-electron chi connectivity index (χ2n) is 4.09. The van der Waals surface area contributed by atoms with E-state index in [1.165, 1.54) is 6.07 Å². The molecule has 1 atom stereocenters. The topological polar surface area (TPSA) is 58.6 Å². The first-order chi connectivity index (χ1) is 8.99. The van der Waals surface area contributed by atoms with Crippen molar-refractivity contribution in [1.29, 1.82) is 0 Å². The van der Waals surface area contributed by atoms with Crippen molar-refractivity contribution < 1.29 is 14.6 Å². The summed E-state index contributed by atoms with van der Waals surface area (Å²) >= 11 is 11.9. The van der Waals surface area contributed by atoms with E-state index in [1.54, 1.807) is 13.0 Å². The zero-order valence-corrected chi connectivity index (χ0v) is 12.4. The van der Waals surface area contributed by atoms with Gasteiger partial charge in [0.2, 0.25) is 0 Å². The minimum absolute atomic E-state index is 0.225. The predicted octanol–water partition coefficient (Wildman–Crippen LogP) is 2.78. The number of ether oxygens (including phenoxy) is 1. The van der Waals surface area contributed by atoms with Crippen LogP contribution in [-0.4, -0.2) is 23.7 Å². The summed E-state index contributed by atoms with van der Waals surface area (Å²) in [5, 5.41) is 12.7. The summed E-state index contributed by atoms with van der Waals surface area (Å²) in [7, 11) is 0. The first-order valence-electron chi connectivity index (χ1n) is 6.02. The Balaban J connectivity index is 2.84. The molecule has 0 spiro atoms. The van der Waals surface area contributed by atoms with Crippen LogP contribution in [0.1, 0.15) is 25.8 Å². The maximum Gasteiger partial charge on any atom is 0.260 e. The molecule has 106 valence electrons. The molecule has 1 rings (SSSR count). The van der Waals surface area contributed by atoms with Gasteiger partial charge in [-0.05, 0) is 25.5 Å². The quantitative estimate of drug-likeness (QED) is 0.849. The highest BCUT2D eigenvalue weighted by Gasteiger charge is 2.18. The first-order valence-corrected chi connectivity index (χ1v) is 6.78. The highest BCUT2D eigenvalue weighted by Crippen LogP contribution is 2.33. The van der Waals surface area contributed by atoms with Crippen molar-refractivity contribution in [1.82, 2.24) is 5.32 Å². The van der Waals surface area contributed by atoms with E-state index in [4.69, 9.17) is 27.9 Å². The summed E-state index contributed by atoms with van der Waals surface area (Å²) in [5.41, 5.74) is 0.452. The molecular weight excluding hydrogens is 289 g/mol. The Kier molecular flexibility index (Phi) is 6.42. The number of benzene rings is 1. The summed E-state index contributed by atoms with van der Waals surface area (Å²) in [6, 6.07) is 3.06. The van der Waals surface area contributed by atoms with Gasteiger partial charge >= 0.3 is 0 Å². The molecule has 1 amide bonds. The van der Waals surface area contributed by atoms with Gasteiger partial charge in [0.15, 0.2) is 6.10 Å². The molecule has 1 aromatic carbocycles. The summed E-state index contributed by atoms with van der Waals surface area (Å²) in [6.45, 7) is 3.91. The molecule has 6 heteroatoms. The summed E-state index contributed by atoms with van der Waals surface area (Å²) in [4.78, 5) is 11.7. The van der Waals surface area contributed by atoms with Crippen molar-refractivity contribution in [3.05, 3.63) is 27.7 Å². The smallest absolute Gasteiger partial charge is 0.260 e. The minimum atomic E-state index is -0.699. The number of carbonyl (C=O) groups excluding carboxylic acids is 1. The second-order valence-corrected chi connectivity index (χ2v) is 4.93. The van der Waals surface area contributed by atoms with E-state index >= 15 is 0 Å². The number of hydrogen-bond acceptors (Lipinski definition) is 3. The van der Waals surface area contributed by atoms with Gasteiger partial charge in [-0.3, -0.25) is 4.79 Å². The van der Waals surface area contributed by atoms with E-state index < -0.39 is 6.10 Å². The zero-order valence-electron chi connectivity index (χ0n) is 10.9. The lowest BCUT2D eigenvalue weighted by Crippen LogP contribution is -2.36. The molecule has 0 radical (unpaired) electrons. The molecule has 0 saturated heterocycles. The van der Waals surface area contributed by atoms with Gasteiger partial charge in [0.25, 0.3) is 5.91 Å². The van der Waals surface area contributed by atoms with Gasteiger partial charge in [0.1, 0.15) is 5.75 Å². The van der Waals surface area contributed by atoms with Gasteiger partial charge in [-0.1, -0.05) is 30.1 Å². The van der Waals surface area contributed by atoms with Crippen LogP contribution >= 0.6 is 23.2 Å². The van der Waals surface area contributed by atoms with Crippen molar-refractivity contribution in [3.63, 3.8) is 0 Å². The monoisotopic (exact) mass is 305 g/mol. The molecule has 0 aromatic heterocycles. The number of hydrogen-bond donors (Lipinski definition) is 2. The van der Waals surface area contributed by atoms with E-state index in [2.05, 4.69) is 5.32 Å². The third-order valence-corrected chi connectivity index (χ3v) is 2.97. The van der Waals surface area contributed by atoms with E-state index in [1.807, 2.05) is 6.92 Å². The molecule has 0 aliphatic carbocycles. The number of aliphatic hydroxyl groups is 1. The Hall–Kier alpha value is -0.970. The van der Waals surface area contributed by atoms with E-state index in [0.29, 0.717) is 17.1 Å². The van der Waals surface area contributed by atoms with Crippen LogP contribution in [0.2, 0.25) is 10.0 Å². The third-order valence-electron chi connectivity index (χ3n) is 2.47. The normalized spacial score (nSPS) is 12.1. The average Bonchev–Trinajstić information content (AvgIpc) is 2.38. The standard InChI is InChI=1S/C13H17Cl2NO3/c1-3-4-16-13(18)8(2)19-12-9(7-17)5-10(14)6-11(12)15/h5-6,8,17H,3-4,7H2,1-2H3,(H,16,18). The van der Waals surface area contributed by atoms with Gasteiger partial charge in [-0.15, -0.1) is 0 Å². The van der Waals surface area contributed by atoms with Gasteiger partial charge < -0.3 is 15.2 Å². The molecule has 0 fully saturated rings. The van der Waals surface area contributed by atoms with Crippen molar-refractivity contribution in [2.24, 2.45) is 0 Å². The predicted molar refractivity (Wildman–Crippen MR) is 75.8 cm³/mol.